The topological polar surface area (TPSA) is 116 Å². The molecule has 0 unspecified atom stereocenters. The van der Waals surface area contributed by atoms with Gasteiger partial charge in [-0.2, -0.15) is 0 Å². The molecular formula is C28H45BrO10. The van der Waals surface area contributed by atoms with Gasteiger partial charge in [-0.15, -0.1) is 0 Å². The minimum Gasteiger partial charge on any atom is -0.469 e. The molecule has 0 bridgehead atoms. The summed E-state index contributed by atoms with van der Waals surface area (Å²) in [5.41, 5.74) is 0.471. The Balaban J connectivity index is 0.000000207. The number of methoxy groups -OCH3 is 3. The van der Waals surface area contributed by atoms with Gasteiger partial charge in [0.25, 0.3) is 0 Å². The molecule has 0 atom stereocenters. The van der Waals surface area contributed by atoms with Gasteiger partial charge in [0.15, 0.2) is 11.6 Å². The summed E-state index contributed by atoms with van der Waals surface area (Å²) in [6.07, 6.45) is 9.68. The molecule has 4 aliphatic rings. The Morgan fingerprint density at radius 1 is 0.795 bits per heavy atom. The summed E-state index contributed by atoms with van der Waals surface area (Å²) < 4.78 is 35.7. The molecule has 0 amide bonds. The Labute approximate surface area is 240 Å². The zero-order valence-electron chi connectivity index (χ0n) is 24.0. The highest BCUT2D eigenvalue weighted by Gasteiger charge is 2.48. The molecule has 4 fully saturated rings. The Hall–Kier alpha value is -1.53. The third kappa shape index (κ3) is 11.5. The van der Waals surface area contributed by atoms with E-state index in [1.807, 2.05) is 0 Å². The lowest BCUT2D eigenvalue weighted by atomic mass is 9.63. The van der Waals surface area contributed by atoms with Crippen LogP contribution >= 0.6 is 15.9 Å². The SMILES string of the molecule is COC(=O)/C=C/CC1(CBr)OCCO1.COC(=O)CC1CC(C)(C)C1.COC(=O)CC1CC2(C1)OCCCO2. The molecule has 0 radical (unpaired) electrons. The molecule has 4 rings (SSSR count). The number of hydrogen-bond acceptors (Lipinski definition) is 10. The fourth-order valence-corrected chi connectivity index (χ4v) is 5.80. The quantitative estimate of drug-likeness (QED) is 0.168. The molecule has 2 aliphatic carbocycles. The molecule has 39 heavy (non-hydrogen) atoms. The molecule has 0 aromatic rings. The first-order chi connectivity index (χ1) is 18.5. The van der Waals surface area contributed by atoms with Crippen LogP contribution in [0.5, 0.6) is 0 Å². The van der Waals surface area contributed by atoms with Gasteiger partial charge in [0.2, 0.25) is 0 Å². The van der Waals surface area contributed by atoms with Crippen LogP contribution in [-0.2, 0) is 47.5 Å². The van der Waals surface area contributed by atoms with Crippen molar-refractivity contribution in [3.8, 4) is 0 Å². The van der Waals surface area contributed by atoms with E-state index in [2.05, 4.69) is 44.0 Å². The normalized spacial score (nSPS) is 24.2. The monoisotopic (exact) mass is 620 g/mol. The average Bonchev–Trinajstić information content (AvgIpc) is 3.37. The van der Waals surface area contributed by atoms with Crippen LogP contribution in [0.25, 0.3) is 0 Å². The number of halogens is 1. The maximum atomic E-state index is 11.0. The Morgan fingerprint density at radius 2 is 1.31 bits per heavy atom. The first kappa shape index (κ1) is 33.7. The summed E-state index contributed by atoms with van der Waals surface area (Å²) in [4.78, 5) is 32.6. The fraction of sp³-hybridized carbons (Fsp3) is 0.821. The number of ether oxygens (including phenoxy) is 7. The highest BCUT2D eigenvalue weighted by Crippen LogP contribution is 2.46. The lowest BCUT2D eigenvalue weighted by Gasteiger charge is -2.48. The lowest BCUT2D eigenvalue weighted by Crippen LogP contribution is -2.51. The van der Waals surface area contributed by atoms with Gasteiger partial charge >= 0.3 is 17.9 Å². The van der Waals surface area contributed by atoms with Gasteiger partial charge < -0.3 is 33.2 Å². The number of carbonyl (C=O) groups is 3. The molecule has 1 spiro atoms. The molecule has 11 heteroatoms. The van der Waals surface area contributed by atoms with Gasteiger partial charge in [0.05, 0.1) is 53.1 Å². The van der Waals surface area contributed by atoms with Crippen LogP contribution in [0.1, 0.15) is 65.2 Å². The van der Waals surface area contributed by atoms with Gasteiger partial charge in [-0.1, -0.05) is 35.9 Å². The van der Waals surface area contributed by atoms with E-state index in [0.29, 0.717) is 55.1 Å². The van der Waals surface area contributed by atoms with E-state index in [4.69, 9.17) is 18.9 Å². The van der Waals surface area contributed by atoms with E-state index in [1.165, 1.54) is 40.2 Å². The molecular weight excluding hydrogens is 576 g/mol. The minimum atomic E-state index is -0.607. The van der Waals surface area contributed by atoms with Crippen molar-refractivity contribution in [2.24, 2.45) is 17.3 Å². The number of hydrogen-bond donors (Lipinski definition) is 0. The number of rotatable bonds is 8. The van der Waals surface area contributed by atoms with E-state index in [0.717, 1.165) is 32.5 Å². The van der Waals surface area contributed by atoms with Crippen molar-refractivity contribution in [3.63, 3.8) is 0 Å². The second kappa shape index (κ2) is 16.0. The van der Waals surface area contributed by atoms with Crippen molar-refractivity contribution in [2.45, 2.75) is 76.8 Å². The number of alkyl halides is 1. The van der Waals surface area contributed by atoms with E-state index in [-0.39, 0.29) is 23.7 Å². The summed E-state index contributed by atoms with van der Waals surface area (Å²) >= 11 is 3.32. The van der Waals surface area contributed by atoms with Gasteiger partial charge in [0.1, 0.15) is 0 Å². The van der Waals surface area contributed by atoms with E-state index >= 15 is 0 Å². The van der Waals surface area contributed by atoms with Crippen molar-refractivity contribution in [2.75, 3.05) is 53.1 Å². The first-order valence-corrected chi connectivity index (χ1v) is 14.6. The minimum absolute atomic E-state index is 0.0644. The van der Waals surface area contributed by atoms with Gasteiger partial charge in [-0.3, -0.25) is 9.59 Å². The summed E-state index contributed by atoms with van der Waals surface area (Å²) in [5, 5.41) is 0.589. The third-order valence-corrected chi connectivity index (χ3v) is 8.02. The molecule has 0 aromatic heterocycles. The van der Waals surface area contributed by atoms with E-state index in [9.17, 15) is 14.4 Å². The second-order valence-electron chi connectivity index (χ2n) is 11.1. The van der Waals surface area contributed by atoms with Crippen molar-refractivity contribution in [1.29, 1.82) is 0 Å². The Morgan fingerprint density at radius 3 is 1.74 bits per heavy atom. The smallest absolute Gasteiger partial charge is 0.330 e. The zero-order chi connectivity index (χ0) is 28.9. The second-order valence-corrected chi connectivity index (χ2v) is 11.7. The zero-order valence-corrected chi connectivity index (χ0v) is 25.5. The maximum Gasteiger partial charge on any atom is 0.330 e. The molecule has 2 saturated carbocycles. The Kier molecular flexibility index (Phi) is 13.9. The van der Waals surface area contributed by atoms with Crippen LogP contribution < -0.4 is 0 Å². The number of esters is 3. The van der Waals surface area contributed by atoms with Crippen molar-refractivity contribution in [3.05, 3.63) is 12.2 Å². The van der Waals surface area contributed by atoms with Crippen molar-refractivity contribution in [1.82, 2.24) is 0 Å². The average molecular weight is 622 g/mol. The van der Waals surface area contributed by atoms with Crippen molar-refractivity contribution < 1.29 is 47.5 Å². The molecule has 0 aromatic carbocycles. The molecule has 224 valence electrons. The van der Waals surface area contributed by atoms with Gasteiger partial charge in [-0.25, -0.2) is 4.79 Å². The molecule has 2 heterocycles. The molecule has 2 aliphatic heterocycles. The predicted molar refractivity (Wildman–Crippen MR) is 146 cm³/mol. The molecule has 10 nitrogen and oxygen atoms in total. The third-order valence-electron chi connectivity index (χ3n) is 7.17. The highest BCUT2D eigenvalue weighted by atomic mass is 79.9. The Bertz CT molecular complexity index is 799. The molecule has 2 saturated heterocycles. The summed E-state index contributed by atoms with van der Waals surface area (Å²) in [7, 11) is 4.21. The van der Waals surface area contributed by atoms with E-state index < -0.39 is 5.79 Å². The lowest BCUT2D eigenvalue weighted by molar-refractivity contribution is -0.318. The van der Waals surface area contributed by atoms with Crippen LogP contribution in [0.2, 0.25) is 0 Å². The van der Waals surface area contributed by atoms with Crippen LogP contribution in [0.3, 0.4) is 0 Å². The fourth-order valence-electron chi connectivity index (χ4n) is 5.25. The standard InChI is InChI=1S/C10H16O4.C9H13BrO4.C9H16O2/c1-12-9(11)5-8-6-10(7-8)13-3-2-4-14-10;1-12-8(11)3-2-4-9(7-10)13-5-6-14-9;1-9(2)5-7(6-9)4-8(10)11-3/h8H,2-7H2,1H3;2-3H,4-7H2,1H3;7H,4-6H2,1-3H3/b;3-2+;. The van der Waals surface area contributed by atoms with Crippen molar-refractivity contribution >= 4 is 33.8 Å². The maximum absolute atomic E-state index is 11.0. The highest BCUT2D eigenvalue weighted by molar-refractivity contribution is 9.09. The molecule has 0 N–H and O–H groups in total. The number of carbonyl (C=O) groups excluding carboxylic acids is 3. The summed E-state index contributed by atoms with van der Waals surface area (Å²) in [6.45, 7) is 7.23. The van der Waals surface area contributed by atoms with Crippen LogP contribution in [0, 0.1) is 17.3 Å². The largest absolute Gasteiger partial charge is 0.469 e. The summed E-state index contributed by atoms with van der Waals surface area (Å²) in [5.74, 6) is -0.571. The predicted octanol–water partition coefficient (Wildman–Crippen LogP) is 4.32. The van der Waals surface area contributed by atoms with Gasteiger partial charge in [-0.05, 0) is 36.5 Å². The van der Waals surface area contributed by atoms with Crippen LogP contribution in [0.15, 0.2) is 12.2 Å². The first-order valence-electron chi connectivity index (χ1n) is 13.5. The van der Waals surface area contributed by atoms with Crippen LogP contribution in [0.4, 0.5) is 0 Å². The van der Waals surface area contributed by atoms with E-state index in [1.54, 1.807) is 6.08 Å². The van der Waals surface area contributed by atoms with Crippen LogP contribution in [-0.4, -0.2) is 82.6 Å². The van der Waals surface area contributed by atoms with Gasteiger partial charge in [0, 0.05) is 38.2 Å². The summed E-state index contributed by atoms with van der Waals surface area (Å²) in [6, 6.07) is 0.